The maximum Gasteiger partial charge on any atom is 0.319 e. The largest absolute Gasteiger partial charge is 0.497 e. The molecule has 0 unspecified atom stereocenters. The van der Waals surface area contributed by atoms with Gasteiger partial charge in [-0.2, -0.15) is 5.10 Å². The molecule has 2 amide bonds. The van der Waals surface area contributed by atoms with Crippen LogP contribution in [0.4, 0.5) is 10.5 Å². The molecule has 1 aromatic heterocycles. The fourth-order valence-electron chi connectivity index (χ4n) is 2.34. The second-order valence-corrected chi connectivity index (χ2v) is 5.75. The number of methoxy groups -OCH3 is 1. The Bertz CT molecular complexity index is 865. The van der Waals surface area contributed by atoms with E-state index in [9.17, 15) is 4.79 Å². The van der Waals surface area contributed by atoms with Gasteiger partial charge in [0.1, 0.15) is 5.75 Å². The van der Waals surface area contributed by atoms with Gasteiger partial charge in [0.15, 0.2) is 0 Å². The number of aromatic nitrogens is 2. The number of hydrogen-bond acceptors (Lipinski definition) is 3. The molecule has 0 saturated carbocycles. The second kappa shape index (κ2) is 7.72. The molecule has 3 aromatic rings. The number of nitrogens with one attached hydrogen (secondary N) is 3. The van der Waals surface area contributed by atoms with E-state index in [2.05, 4.69) is 20.8 Å². The van der Waals surface area contributed by atoms with E-state index < -0.39 is 0 Å². The number of amides is 2. The summed E-state index contributed by atoms with van der Waals surface area (Å²) in [6.07, 6.45) is 3.49. The van der Waals surface area contributed by atoms with Gasteiger partial charge in [-0.25, -0.2) is 4.79 Å². The van der Waals surface area contributed by atoms with Crippen molar-refractivity contribution in [3.8, 4) is 16.9 Å². The van der Waals surface area contributed by atoms with Crippen molar-refractivity contribution < 1.29 is 9.53 Å². The van der Waals surface area contributed by atoms with Crippen LogP contribution in [0.25, 0.3) is 11.1 Å². The van der Waals surface area contributed by atoms with Crippen molar-refractivity contribution >= 4 is 23.3 Å². The fourth-order valence-corrected chi connectivity index (χ4v) is 2.56. The smallest absolute Gasteiger partial charge is 0.319 e. The minimum absolute atomic E-state index is 0.333. The highest BCUT2D eigenvalue weighted by molar-refractivity contribution is 6.34. The molecule has 3 rings (SSSR count). The number of aromatic amines is 1. The van der Waals surface area contributed by atoms with Crippen LogP contribution in [0.5, 0.6) is 5.75 Å². The lowest BCUT2D eigenvalue weighted by Crippen LogP contribution is -2.28. The van der Waals surface area contributed by atoms with Crippen molar-refractivity contribution in [3.63, 3.8) is 0 Å². The Labute approximate surface area is 150 Å². The monoisotopic (exact) mass is 356 g/mol. The van der Waals surface area contributed by atoms with Gasteiger partial charge in [-0.15, -0.1) is 0 Å². The highest BCUT2D eigenvalue weighted by Crippen LogP contribution is 2.28. The van der Waals surface area contributed by atoms with E-state index >= 15 is 0 Å². The summed E-state index contributed by atoms with van der Waals surface area (Å²) in [7, 11) is 1.61. The minimum atomic E-state index is -0.333. The predicted molar refractivity (Wildman–Crippen MR) is 97.9 cm³/mol. The van der Waals surface area contributed by atoms with E-state index in [1.54, 1.807) is 31.6 Å². The van der Waals surface area contributed by atoms with Crippen molar-refractivity contribution in [3.05, 3.63) is 65.4 Å². The number of rotatable bonds is 5. The lowest BCUT2D eigenvalue weighted by atomic mass is 10.1. The fraction of sp³-hybridized carbons (Fsp3) is 0.111. The molecule has 2 aromatic carbocycles. The van der Waals surface area contributed by atoms with Gasteiger partial charge in [-0.3, -0.25) is 5.10 Å². The number of ether oxygens (including phenoxy) is 1. The Morgan fingerprint density at radius 2 is 2.12 bits per heavy atom. The van der Waals surface area contributed by atoms with Crippen LogP contribution in [0.15, 0.2) is 54.9 Å². The molecule has 3 N–H and O–H groups in total. The Morgan fingerprint density at radius 3 is 2.84 bits per heavy atom. The first kappa shape index (κ1) is 16.9. The summed E-state index contributed by atoms with van der Waals surface area (Å²) in [6, 6.07) is 12.6. The molecule has 7 heteroatoms. The molecule has 0 aliphatic rings. The van der Waals surface area contributed by atoms with Gasteiger partial charge in [-0.05, 0) is 35.4 Å². The van der Waals surface area contributed by atoms with Crippen molar-refractivity contribution in [2.75, 3.05) is 12.4 Å². The molecule has 25 heavy (non-hydrogen) atoms. The van der Waals surface area contributed by atoms with Gasteiger partial charge < -0.3 is 15.4 Å². The lowest BCUT2D eigenvalue weighted by molar-refractivity contribution is 0.251. The molecule has 0 saturated heterocycles. The highest BCUT2D eigenvalue weighted by Gasteiger charge is 2.08. The van der Waals surface area contributed by atoms with Gasteiger partial charge in [0, 0.05) is 18.3 Å². The third-order valence-corrected chi connectivity index (χ3v) is 3.95. The molecule has 0 aliphatic heterocycles. The van der Waals surface area contributed by atoms with Gasteiger partial charge in [-0.1, -0.05) is 29.8 Å². The number of urea groups is 1. The quantitative estimate of drug-likeness (QED) is 0.645. The minimum Gasteiger partial charge on any atom is -0.497 e. The Hall–Kier alpha value is -2.99. The van der Waals surface area contributed by atoms with Crippen molar-refractivity contribution in [1.29, 1.82) is 0 Å². The summed E-state index contributed by atoms with van der Waals surface area (Å²) in [5.74, 6) is 0.748. The molecule has 128 valence electrons. The van der Waals surface area contributed by atoms with Crippen LogP contribution in [0.3, 0.4) is 0 Å². The number of carbonyl (C=O) groups is 1. The molecule has 0 bridgehead atoms. The van der Waals surface area contributed by atoms with Crippen molar-refractivity contribution in [1.82, 2.24) is 15.5 Å². The van der Waals surface area contributed by atoms with Crippen LogP contribution < -0.4 is 15.4 Å². The molecular weight excluding hydrogens is 340 g/mol. The van der Waals surface area contributed by atoms with Crippen LogP contribution >= 0.6 is 11.6 Å². The van der Waals surface area contributed by atoms with Gasteiger partial charge in [0.2, 0.25) is 0 Å². The topological polar surface area (TPSA) is 79.0 Å². The number of benzene rings is 2. The van der Waals surface area contributed by atoms with Crippen molar-refractivity contribution in [2.45, 2.75) is 6.54 Å². The Balaban J connectivity index is 1.61. The SMILES string of the molecule is COc1cccc(CNC(=O)Nc2ccc(-c3cn[nH]c3)cc2Cl)c1. The van der Waals surface area contributed by atoms with E-state index in [0.717, 1.165) is 22.4 Å². The third-order valence-electron chi connectivity index (χ3n) is 3.64. The summed E-state index contributed by atoms with van der Waals surface area (Å²) < 4.78 is 5.16. The van der Waals surface area contributed by atoms with E-state index in [1.807, 2.05) is 30.3 Å². The Morgan fingerprint density at radius 1 is 1.24 bits per heavy atom. The summed E-state index contributed by atoms with van der Waals surface area (Å²) in [5.41, 5.74) is 3.32. The lowest BCUT2D eigenvalue weighted by Gasteiger charge is -2.10. The maximum absolute atomic E-state index is 12.1. The van der Waals surface area contributed by atoms with E-state index in [0.29, 0.717) is 17.3 Å². The average molecular weight is 357 g/mol. The van der Waals surface area contributed by atoms with E-state index in [4.69, 9.17) is 16.3 Å². The number of halogens is 1. The molecule has 0 atom stereocenters. The third kappa shape index (κ3) is 4.30. The first-order valence-corrected chi connectivity index (χ1v) is 8.00. The van der Waals surface area contributed by atoms with Crippen molar-refractivity contribution in [2.24, 2.45) is 0 Å². The number of carbonyl (C=O) groups excluding carboxylic acids is 1. The predicted octanol–water partition coefficient (Wildman–Crippen LogP) is 4.06. The zero-order valence-corrected chi connectivity index (χ0v) is 14.3. The van der Waals surface area contributed by atoms with Gasteiger partial charge in [0.25, 0.3) is 0 Å². The second-order valence-electron chi connectivity index (χ2n) is 5.34. The summed E-state index contributed by atoms with van der Waals surface area (Å²) in [4.78, 5) is 12.1. The molecule has 6 nitrogen and oxygen atoms in total. The van der Waals surface area contributed by atoms with Gasteiger partial charge >= 0.3 is 6.03 Å². The first-order valence-electron chi connectivity index (χ1n) is 7.62. The first-order chi connectivity index (χ1) is 12.2. The van der Waals surface area contributed by atoms with E-state index in [1.165, 1.54) is 0 Å². The Kier molecular flexibility index (Phi) is 5.20. The molecular formula is C18H17ClN4O2. The zero-order chi connectivity index (χ0) is 17.6. The van der Waals surface area contributed by atoms with Crippen LogP contribution in [-0.2, 0) is 6.54 Å². The normalized spacial score (nSPS) is 10.3. The summed E-state index contributed by atoms with van der Waals surface area (Å²) in [5, 5.41) is 12.6. The van der Waals surface area contributed by atoms with Crippen LogP contribution in [-0.4, -0.2) is 23.3 Å². The van der Waals surface area contributed by atoms with Crippen LogP contribution in [0.2, 0.25) is 5.02 Å². The number of nitrogens with zero attached hydrogens (tertiary/aromatic N) is 1. The highest BCUT2D eigenvalue weighted by atomic mass is 35.5. The molecule has 1 heterocycles. The average Bonchev–Trinajstić information content (AvgIpc) is 3.16. The molecule has 0 spiro atoms. The summed E-state index contributed by atoms with van der Waals surface area (Å²) >= 11 is 6.26. The molecule has 0 aliphatic carbocycles. The zero-order valence-electron chi connectivity index (χ0n) is 13.5. The summed E-state index contributed by atoms with van der Waals surface area (Å²) in [6.45, 7) is 0.383. The molecule has 0 fully saturated rings. The van der Waals surface area contributed by atoms with E-state index in [-0.39, 0.29) is 6.03 Å². The number of hydrogen-bond donors (Lipinski definition) is 3. The standard InChI is InChI=1S/C18H17ClN4O2/c1-25-15-4-2-3-12(7-15)9-20-18(24)23-17-6-5-13(8-16(17)19)14-10-21-22-11-14/h2-8,10-11H,9H2,1H3,(H,21,22)(H2,20,23,24). The maximum atomic E-state index is 12.1. The molecule has 0 radical (unpaired) electrons. The van der Waals surface area contributed by atoms with Crippen LogP contribution in [0.1, 0.15) is 5.56 Å². The number of H-pyrrole nitrogens is 1. The van der Waals surface area contributed by atoms with Gasteiger partial charge in [0.05, 0.1) is 24.0 Å². The number of anilines is 1. The van der Waals surface area contributed by atoms with Crippen LogP contribution in [0, 0.1) is 0 Å².